The van der Waals surface area contributed by atoms with Gasteiger partial charge in [0.15, 0.2) is 0 Å². The van der Waals surface area contributed by atoms with Crippen LogP contribution >= 0.6 is 11.8 Å². The molecule has 1 aromatic carbocycles. The molecule has 1 fully saturated rings. The molecule has 5 heteroatoms. The minimum atomic E-state index is -0.371. The number of amides is 2. The number of carbonyl (C=O) groups is 2. The maximum absolute atomic E-state index is 12.6. The molecule has 2 amide bonds. The Morgan fingerprint density at radius 3 is 2.82 bits per heavy atom. The van der Waals surface area contributed by atoms with Crippen LogP contribution in [0.3, 0.4) is 0 Å². The van der Waals surface area contributed by atoms with Gasteiger partial charge in [0.25, 0.3) is 0 Å². The van der Waals surface area contributed by atoms with Crippen molar-refractivity contribution in [2.45, 2.75) is 38.6 Å². The molecule has 2 rings (SSSR count). The normalized spacial score (nSPS) is 18.8. The van der Waals surface area contributed by atoms with E-state index in [2.05, 4.69) is 31.2 Å². The molecule has 0 radical (unpaired) electrons. The van der Waals surface area contributed by atoms with Crippen LogP contribution in [0.5, 0.6) is 0 Å². The van der Waals surface area contributed by atoms with Gasteiger partial charge in [-0.15, -0.1) is 11.8 Å². The van der Waals surface area contributed by atoms with Crippen molar-refractivity contribution in [2.75, 3.05) is 18.1 Å². The van der Waals surface area contributed by atoms with Gasteiger partial charge in [-0.3, -0.25) is 9.59 Å². The Morgan fingerprint density at radius 2 is 2.09 bits per heavy atom. The fourth-order valence-electron chi connectivity index (χ4n) is 2.95. The van der Waals surface area contributed by atoms with Crippen LogP contribution in [0.25, 0.3) is 0 Å². The third-order valence-electron chi connectivity index (χ3n) is 3.97. The summed E-state index contributed by atoms with van der Waals surface area (Å²) in [6.45, 7) is 2.88. The molecule has 1 aromatic rings. The monoisotopic (exact) mass is 320 g/mol. The summed E-state index contributed by atoms with van der Waals surface area (Å²) in [5, 5.41) is 0. The number of hydrogen-bond donors (Lipinski definition) is 1. The number of carbonyl (C=O) groups excluding carboxylic acids is 2. The van der Waals surface area contributed by atoms with Crippen LogP contribution in [0.4, 0.5) is 0 Å². The lowest BCUT2D eigenvalue weighted by Gasteiger charge is -2.30. The third-order valence-corrected chi connectivity index (χ3v) is 4.91. The fraction of sp³-hybridized carbons (Fsp3) is 0.529. The maximum Gasteiger partial charge on any atom is 0.233 e. The van der Waals surface area contributed by atoms with Crippen LogP contribution in [0, 0.1) is 6.92 Å². The molecule has 0 aromatic heterocycles. The molecule has 2 N–H and O–H groups in total. The molecular formula is C17H24N2O2S. The summed E-state index contributed by atoms with van der Waals surface area (Å²) in [7, 11) is 0. The first kappa shape index (κ1) is 16.9. The zero-order valence-electron chi connectivity index (χ0n) is 13.1. The van der Waals surface area contributed by atoms with Crippen LogP contribution in [0.15, 0.2) is 24.3 Å². The molecule has 1 aliphatic heterocycles. The third kappa shape index (κ3) is 4.77. The van der Waals surface area contributed by atoms with Crippen LogP contribution in [-0.4, -0.2) is 34.8 Å². The minimum absolute atomic E-state index is 0.111. The van der Waals surface area contributed by atoms with E-state index in [-0.39, 0.29) is 23.6 Å². The zero-order valence-corrected chi connectivity index (χ0v) is 13.9. The number of likely N-dealkylation sites (tertiary alicyclic amines) is 1. The average molecular weight is 320 g/mol. The highest BCUT2D eigenvalue weighted by Gasteiger charge is 2.26. The highest BCUT2D eigenvalue weighted by molar-refractivity contribution is 8.00. The van der Waals surface area contributed by atoms with Crippen molar-refractivity contribution in [1.29, 1.82) is 0 Å². The summed E-state index contributed by atoms with van der Waals surface area (Å²) in [4.78, 5) is 25.4. The van der Waals surface area contributed by atoms with Gasteiger partial charge in [0.2, 0.25) is 11.8 Å². The van der Waals surface area contributed by atoms with Crippen LogP contribution in [0.2, 0.25) is 0 Å². The van der Waals surface area contributed by atoms with Gasteiger partial charge in [0.1, 0.15) is 0 Å². The fourth-order valence-corrected chi connectivity index (χ4v) is 3.60. The molecule has 0 unspecified atom stereocenters. The van der Waals surface area contributed by atoms with Gasteiger partial charge in [-0.05, 0) is 25.3 Å². The average Bonchev–Trinajstić information content (AvgIpc) is 2.72. The summed E-state index contributed by atoms with van der Waals surface area (Å²) in [6, 6.07) is 8.57. The van der Waals surface area contributed by atoms with Crippen molar-refractivity contribution in [1.82, 2.24) is 4.90 Å². The van der Waals surface area contributed by atoms with Crippen LogP contribution < -0.4 is 5.73 Å². The van der Waals surface area contributed by atoms with E-state index in [0.717, 1.165) is 25.8 Å². The summed E-state index contributed by atoms with van der Waals surface area (Å²) in [5.41, 5.74) is 7.57. The largest absolute Gasteiger partial charge is 0.369 e. The Labute approximate surface area is 136 Å². The second kappa shape index (κ2) is 8.22. The molecule has 120 valence electrons. The standard InChI is InChI=1S/C17H24N2O2S/c1-13-6-5-7-14(10-13)15-8-3-2-4-9-19(15)17(21)12-22-11-16(18)20/h5-7,10,15H,2-4,8-9,11-12H2,1H3,(H2,18,20)/t15-/m0/s1. The van der Waals surface area contributed by atoms with Gasteiger partial charge >= 0.3 is 0 Å². The van der Waals surface area contributed by atoms with Crippen LogP contribution in [-0.2, 0) is 9.59 Å². The van der Waals surface area contributed by atoms with Gasteiger partial charge in [-0.25, -0.2) is 0 Å². The molecule has 4 nitrogen and oxygen atoms in total. The number of hydrogen-bond acceptors (Lipinski definition) is 3. The van der Waals surface area contributed by atoms with E-state index in [9.17, 15) is 9.59 Å². The Bertz CT molecular complexity index is 533. The first-order valence-corrected chi connectivity index (χ1v) is 8.95. The van der Waals surface area contributed by atoms with Crippen molar-refractivity contribution in [3.63, 3.8) is 0 Å². The second-order valence-electron chi connectivity index (χ2n) is 5.83. The summed E-state index contributed by atoms with van der Waals surface area (Å²) in [6.07, 6.45) is 4.38. The van der Waals surface area contributed by atoms with Gasteiger partial charge in [-0.2, -0.15) is 0 Å². The highest BCUT2D eigenvalue weighted by Crippen LogP contribution is 2.31. The van der Waals surface area contributed by atoms with E-state index in [1.165, 1.54) is 29.3 Å². The lowest BCUT2D eigenvalue weighted by atomic mass is 9.99. The van der Waals surface area contributed by atoms with Crippen molar-refractivity contribution < 1.29 is 9.59 Å². The number of thioether (sulfide) groups is 1. The molecule has 22 heavy (non-hydrogen) atoms. The Hall–Kier alpha value is -1.49. The maximum atomic E-state index is 12.6. The number of primary amides is 1. The molecule has 1 atom stereocenters. The molecule has 0 saturated carbocycles. The molecule has 1 aliphatic rings. The summed E-state index contributed by atoms with van der Waals surface area (Å²) >= 11 is 1.30. The number of nitrogens with zero attached hydrogens (tertiary/aromatic N) is 1. The SMILES string of the molecule is Cc1cccc([C@@H]2CCCCCN2C(=O)CSCC(N)=O)c1. The van der Waals surface area contributed by atoms with Crippen molar-refractivity contribution in [2.24, 2.45) is 5.73 Å². The molecule has 1 saturated heterocycles. The minimum Gasteiger partial charge on any atom is -0.369 e. The topological polar surface area (TPSA) is 63.4 Å². The molecular weight excluding hydrogens is 296 g/mol. The van der Waals surface area contributed by atoms with E-state index in [1.807, 2.05) is 4.90 Å². The zero-order chi connectivity index (χ0) is 15.9. The molecule has 0 aliphatic carbocycles. The Morgan fingerprint density at radius 1 is 1.27 bits per heavy atom. The first-order valence-electron chi connectivity index (χ1n) is 7.80. The van der Waals surface area contributed by atoms with Crippen molar-refractivity contribution >= 4 is 23.6 Å². The molecule has 0 spiro atoms. The van der Waals surface area contributed by atoms with Crippen molar-refractivity contribution in [3.8, 4) is 0 Å². The van der Waals surface area contributed by atoms with Gasteiger partial charge < -0.3 is 10.6 Å². The van der Waals surface area contributed by atoms with Gasteiger partial charge in [0.05, 0.1) is 17.5 Å². The Balaban J connectivity index is 2.10. The number of aryl methyl sites for hydroxylation is 1. The Kier molecular flexibility index (Phi) is 6.31. The first-order chi connectivity index (χ1) is 10.6. The lowest BCUT2D eigenvalue weighted by molar-refractivity contribution is -0.130. The van der Waals surface area contributed by atoms with Gasteiger partial charge in [-0.1, -0.05) is 42.7 Å². The molecule has 1 heterocycles. The number of nitrogens with two attached hydrogens (primary N) is 1. The summed E-state index contributed by atoms with van der Waals surface area (Å²) in [5.74, 6) is 0.267. The smallest absolute Gasteiger partial charge is 0.233 e. The number of rotatable bonds is 5. The lowest BCUT2D eigenvalue weighted by Crippen LogP contribution is -2.36. The van der Waals surface area contributed by atoms with E-state index < -0.39 is 0 Å². The quantitative estimate of drug-likeness (QED) is 0.907. The van der Waals surface area contributed by atoms with Gasteiger partial charge in [0, 0.05) is 6.54 Å². The predicted octanol–water partition coefficient (Wildman–Crippen LogP) is 2.66. The second-order valence-corrected chi connectivity index (χ2v) is 6.81. The summed E-state index contributed by atoms with van der Waals surface area (Å²) < 4.78 is 0. The number of benzene rings is 1. The predicted molar refractivity (Wildman–Crippen MR) is 90.6 cm³/mol. The molecule has 0 bridgehead atoms. The van der Waals surface area contributed by atoms with E-state index >= 15 is 0 Å². The van der Waals surface area contributed by atoms with Crippen LogP contribution in [0.1, 0.15) is 42.9 Å². The van der Waals surface area contributed by atoms with E-state index in [0.29, 0.717) is 5.75 Å². The van der Waals surface area contributed by atoms with E-state index in [4.69, 9.17) is 5.73 Å². The highest BCUT2D eigenvalue weighted by atomic mass is 32.2. The van der Waals surface area contributed by atoms with Crippen molar-refractivity contribution in [3.05, 3.63) is 35.4 Å². The van der Waals surface area contributed by atoms with E-state index in [1.54, 1.807) is 0 Å².